The minimum atomic E-state index is -0.585. The summed E-state index contributed by atoms with van der Waals surface area (Å²) in [6, 6.07) is 7.66. The van der Waals surface area contributed by atoms with E-state index < -0.39 is 12.0 Å². The molecule has 116 valence electrons. The van der Waals surface area contributed by atoms with Crippen LogP contribution in [0, 0.1) is 13.8 Å². The summed E-state index contributed by atoms with van der Waals surface area (Å²) in [5, 5.41) is 0. The lowest BCUT2D eigenvalue weighted by Crippen LogP contribution is -2.22. The highest BCUT2D eigenvalue weighted by molar-refractivity contribution is 5.95. The van der Waals surface area contributed by atoms with Gasteiger partial charge in [-0.05, 0) is 32.4 Å². The molecule has 0 aliphatic heterocycles. The third kappa shape index (κ3) is 3.33. The summed E-state index contributed by atoms with van der Waals surface area (Å²) in [5.41, 5.74) is 13.5. The van der Waals surface area contributed by atoms with Crippen LogP contribution in [0.15, 0.2) is 24.3 Å². The molecule has 0 aliphatic rings. The highest BCUT2D eigenvalue weighted by Gasteiger charge is 2.23. The number of ether oxygens (including phenoxy) is 1. The third-order valence-corrected chi connectivity index (χ3v) is 3.36. The van der Waals surface area contributed by atoms with Gasteiger partial charge in [0.25, 0.3) is 5.91 Å². The van der Waals surface area contributed by atoms with Crippen LogP contribution in [0.25, 0.3) is 0 Å². The molecule has 2 aromatic rings. The molecule has 6 nitrogen and oxygen atoms in total. The van der Waals surface area contributed by atoms with Crippen LogP contribution in [0.3, 0.4) is 0 Å². The van der Waals surface area contributed by atoms with E-state index >= 15 is 0 Å². The summed E-state index contributed by atoms with van der Waals surface area (Å²) >= 11 is 0. The maximum absolute atomic E-state index is 11.7. The van der Waals surface area contributed by atoms with Crippen LogP contribution in [0.1, 0.15) is 46.8 Å². The molecule has 1 amide bonds. The molecule has 1 aromatic carbocycles. The number of hydrogen-bond acceptors (Lipinski definition) is 5. The quantitative estimate of drug-likeness (QED) is 0.881. The van der Waals surface area contributed by atoms with Crippen molar-refractivity contribution >= 4 is 11.9 Å². The van der Waals surface area contributed by atoms with Crippen molar-refractivity contribution in [2.24, 2.45) is 5.73 Å². The molecule has 6 heteroatoms. The number of rotatable bonds is 5. The zero-order chi connectivity index (χ0) is 16.3. The van der Waals surface area contributed by atoms with Crippen molar-refractivity contribution in [2.75, 3.05) is 5.73 Å². The van der Waals surface area contributed by atoms with Gasteiger partial charge >= 0.3 is 0 Å². The number of aromatic nitrogens is 2. The van der Waals surface area contributed by atoms with Gasteiger partial charge in [-0.1, -0.05) is 24.6 Å². The van der Waals surface area contributed by atoms with Gasteiger partial charge in [0.2, 0.25) is 5.95 Å². The standard InChI is InChI=1S/C16H20N4O2/c1-4-12(22-11-7-5-9(2)6-8-11)14-13(15(17)21)10(3)19-16(18)20-14/h5-8,12H,4H2,1-3H3,(H2,17,21)(H2,18,19,20). The van der Waals surface area contributed by atoms with Crippen molar-refractivity contribution in [3.63, 3.8) is 0 Å². The zero-order valence-corrected chi connectivity index (χ0v) is 13.0. The number of anilines is 1. The minimum absolute atomic E-state index is 0.100. The first-order chi connectivity index (χ1) is 10.4. The van der Waals surface area contributed by atoms with Crippen molar-refractivity contribution in [1.29, 1.82) is 0 Å². The van der Waals surface area contributed by atoms with Gasteiger partial charge in [-0.15, -0.1) is 0 Å². The van der Waals surface area contributed by atoms with Gasteiger partial charge < -0.3 is 16.2 Å². The highest BCUT2D eigenvalue weighted by atomic mass is 16.5. The van der Waals surface area contributed by atoms with Crippen LogP contribution in [-0.2, 0) is 0 Å². The van der Waals surface area contributed by atoms with Crippen molar-refractivity contribution in [3.05, 3.63) is 46.8 Å². The SMILES string of the molecule is CCC(Oc1ccc(C)cc1)c1nc(N)nc(C)c1C(N)=O. The Morgan fingerprint density at radius 1 is 1.23 bits per heavy atom. The molecule has 0 saturated carbocycles. The van der Waals surface area contributed by atoms with Gasteiger partial charge in [-0.25, -0.2) is 9.97 Å². The summed E-state index contributed by atoms with van der Waals surface area (Å²) in [5.74, 6) is 0.213. The summed E-state index contributed by atoms with van der Waals surface area (Å²) in [6.07, 6.45) is 0.193. The number of primary amides is 1. The van der Waals surface area contributed by atoms with Gasteiger partial charge in [0.1, 0.15) is 11.9 Å². The van der Waals surface area contributed by atoms with E-state index in [9.17, 15) is 4.79 Å². The van der Waals surface area contributed by atoms with E-state index in [1.165, 1.54) is 0 Å². The fourth-order valence-corrected chi connectivity index (χ4v) is 2.27. The van der Waals surface area contributed by atoms with Crippen molar-refractivity contribution < 1.29 is 9.53 Å². The predicted octanol–water partition coefficient (Wildman–Crippen LogP) is 2.30. The van der Waals surface area contributed by atoms with E-state index in [0.29, 0.717) is 23.6 Å². The van der Waals surface area contributed by atoms with E-state index in [1.54, 1.807) is 6.92 Å². The summed E-state index contributed by atoms with van der Waals surface area (Å²) < 4.78 is 5.95. The Morgan fingerprint density at radius 3 is 2.41 bits per heavy atom. The van der Waals surface area contributed by atoms with Crippen LogP contribution in [0.4, 0.5) is 5.95 Å². The molecule has 0 bridgehead atoms. The lowest BCUT2D eigenvalue weighted by molar-refractivity contribution is 0.0992. The van der Waals surface area contributed by atoms with Crippen LogP contribution in [-0.4, -0.2) is 15.9 Å². The molecule has 0 saturated heterocycles. The van der Waals surface area contributed by atoms with Gasteiger partial charge in [0.05, 0.1) is 17.0 Å². The predicted molar refractivity (Wildman–Crippen MR) is 84.5 cm³/mol. The fraction of sp³-hybridized carbons (Fsp3) is 0.312. The smallest absolute Gasteiger partial charge is 0.252 e. The molecule has 1 heterocycles. The highest BCUT2D eigenvalue weighted by Crippen LogP contribution is 2.27. The van der Waals surface area contributed by atoms with Crippen LogP contribution < -0.4 is 16.2 Å². The van der Waals surface area contributed by atoms with E-state index in [4.69, 9.17) is 16.2 Å². The van der Waals surface area contributed by atoms with Gasteiger partial charge in [0, 0.05) is 0 Å². The third-order valence-electron chi connectivity index (χ3n) is 3.36. The number of nitrogens with two attached hydrogens (primary N) is 2. The summed E-state index contributed by atoms with van der Waals surface area (Å²) in [6.45, 7) is 5.62. The Labute approximate surface area is 129 Å². The minimum Gasteiger partial charge on any atom is -0.484 e. The van der Waals surface area contributed by atoms with Crippen LogP contribution in [0.5, 0.6) is 5.75 Å². The molecule has 0 aliphatic carbocycles. The number of nitrogens with zero attached hydrogens (tertiary/aromatic N) is 2. The van der Waals surface area contributed by atoms with Crippen LogP contribution in [0.2, 0.25) is 0 Å². The van der Waals surface area contributed by atoms with Crippen molar-refractivity contribution in [3.8, 4) is 5.75 Å². The van der Waals surface area contributed by atoms with Crippen LogP contribution >= 0.6 is 0 Å². The molecule has 4 N–H and O–H groups in total. The maximum Gasteiger partial charge on any atom is 0.252 e. The normalized spacial score (nSPS) is 12.0. The monoisotopic (exact) mass is 300 g/mol. The van der Waals surface area contributed by atoms with E-state index in [0.717, 1.165) is 5.56 Å². The number of benzene rings is 1. The molecule has 0 radical (unpaired) electrons. The molecule has 22 heavy (non-hydrogen) atoms. The Kier molecular flexibility index (Phi) is 4.60. The molecule has 0 spiro atoms. The fourth-order valence-electron chi connectivity index (χ4n) is 2.27. The lowest BCUT2D eigenvalue weighted by Gasteiger charge is -2.20. The second-order valence-electron chi connectivity index (χ2n) is 5.12. The maximum atomic E-state index is 11.7. The molecule has 2 rings (SSSR count). The number of amides is 1. The number of carbonyl (C=O) groups excluding carboxylic acids is 1. The molecule has 1 unspecified atom stereocenters. The lowest BCUT2D eigenvalue weighted by atomic mass is 10.0. The Bertz CT molecular complexity index is 683. The van der Waals surface area contributed by atoms with Crippen molar-refractivity contribution in [1.82, 2.24) is 9.97 Å². The Hall–Kier alpha value is -2.63. The zero-order valence-electron chi connectivity index (χ0n) is 13.0. The van der Waals surface area contributed by atoms with E-state index in [2.05, 4.69) is 9.97 Å². The largest absolute Gasteiger partial charge is 0.484 e. The molecule has 1 aromatic heterocycles. The van der Waals surface area contributed by atoms with E-state index in [-0.39, 0.29) is 11.5 Å². The Morgan fingerprint density at radius 2 is 1.86 bits per heavy atom. The second-order valence-corrected chi connectivity index (χ2v) is 5.12. The van der Waals surface area contributed by atoms with Gasteiger partial charge in [-0.3, -0.25) is 4.79 Å². The van der Waals surface area contributed by atoms with Gasteiger partial charge in [0.15, 0.2) is 0 Å². The molecule has 1 atom stereocenters. The average molecular weight is 300 g/mol. The van der Waals surface area contributed by atoms with Gasteiger partial charge in [-0.2, -0.15) is 0 Å². The first-order valence-corrected chi connectivity index (χ1v) is 7.09. The average Bonchev–Trinajstić information content (AvgIpc) is 2.45. The molecular formula is C16H20N4O2. The number of aryl methyl sites for hydroxylation is 2. The number of hydrogen-bond donors (Lipinski definition) is 2. The number of nitrogen functional groups attached to an aromatic ring is 1. The molecule has 0 fully saturated rings. The first-order valence-electron chi connectivity index (χ1n) is 7.09. The molecular weight excluding hydrogens is 280 g/mol. The topological polar surface area (TPSA) is 104 Å². The summed E-state index contributed by atoms with van der Waals surface area (Å²) in [7, 11) is 0. The second kappa shape index (κ2) is 6.43. The summed E-state index contributed by atoms with van der Waals surface area (Å²) in [4.78, 5) is 19.9. The first kappa shape index (κ1) is 15.8. The Balaban J connectivity index is 2.42. The number of carbonyl (C=O) groups is 1. The van der Waals surface area contributed by atoms with E-state index in [1.807, 2.05) is 38.1 Å². The van der Waals surface area contributed by atoms with Crippen molar-refractivity contribution in [2.45, 2.75) is 33.3 Å².